The van der Waals surface area contributed by atoms with Crippen LogP contribution in [0.25, 0.3) is 0 Å². The number of aromatic nitrogens is 2. The minimum absolute atomic E-state index is 0.342. The standard InChI is InChI=1S/C15H31N5/c1-10(2)8-12(9-19(5)6)17-15-13(16)14(11(3)4)18-20(15)7/h10-12,17H,8-9,16H2,1-7H3. The third-order valence-corrected chi connectivity index (χ3v) is 3.34. The van der Waals surface area contributed by atoms with E-state index in [1.165, 1.54) is 0 Å². The number of anilines is 2. The Bertz CT molecular complexity index is 410. The van der Waals surface area contributed by atoms with Crippen LogP contribution in [0.3, 0.4) is 0 Å². The molecule has 5 nitrogen and oxygen atoms in total. The van der Waals surface area contributed by atoms with Gasteiger partial charge >= 0.3 is 0 Å². The van der Waals surface area contributed by atoms with Crippen LogP contribution in [-0.4, -0.2) is 41.4 Å². The fourth-order valence-electron chi connectivity index (χ4n) is 2.54. The molecule has 0 fully saturated rings. The van der Waals surface area contributed by atoms with Crippen molar-refractivity contribution in [2.75, 3.05) is 31.7 Å². The van der Waals surface area contributed by atoms with Crippen molar-refractivity contribution < 1.29 is 0 Å². The summed E-state index contributed by atoms with van der Waals surface area (Å²) in [5.74, 6) is 1.93. The van der Waals surface area contributed by atoms with E-state index >= 15 is 0 Å². The molecule has 0 amide bonds. The molecule has 1 rings (SSSR count). The van der Waals surface area contributed by atoms with Crippen LogP contribution in [-0.2, 0) is 7.05 Å². The van der Waals surface area contributed by atoms with Gasteiger partial charge in [0, 0.05) is 19.6 Å². The van der Waals surface area contributed by atoms with E-state index in [2.05, 4.69) is 57.1 Å². The van der Waals surface area contributed by atoms with Gasteiger partial charge < -0.3 is 16.0 Å². The van der Waals surface area contributed by atoms with Gasteiger partial charge in [-0.3, -0.25) is 4.68 Å². The largest absolute Gasteiger partial charge is 0.394 e. The molecule has 1 unspecified atom stereocenters. The molecule has 0 saturated heterocycles. The maximum atomic E-state index is 6.26. The number of rotatable bonds is 7. The quantitative estimate of drug-likeness (QED) is 0.806. The molecular formula is C15H31N5. The van der Waals surface area contributed by atoms with Gasteiger partial charge in [0.05, 0.1) is 11.4 Å². The van der Waals surface area contributed by atoms with Crippen molar-refractivity contribution in [3.05, 3.63) is 5.69 Å². The molecule has 0 aromatic carbocycles. The number of aryl methyl sites for hydroxylation is 1. The molecule has 0 bridgehead atoms. The first-order valence-corrected chi connectivity index (χ1v) is 7.46. The van der Waals surface area contributed by atoms with Crippen molar-refractivity contribution in [1.82, 2.24) is 14.7 Å². The molecular weight excluding hydrogens is 250 g/mol. The van der Waals surface area contributed by atoms with Gasteiger partial charge in [-0.25, -0.2) is 0 Å². The molecule has 3 N–H and O–H groups in total. The summed E-state index contributed by atoms with van der Waals surface area (Å²) in [5.41, 5.74) is 8.02. The molecule has 1 atom stereocenters. The third kappa shape index (κ3) is 4.40. The lowest BCUT2D eigenvalue weighted by atomic mass is 10.0. The zero-order valence-corrected chi connectivity index (χ0v) is 14.1. The molecule has 20 heavy (non-hydrogen) atoms. The second kappa shape index (κ2) is 6.97. The van der Waals surface area contributed by atoms with Gasteiger partial charge in [0.1, 0.15) is 5.82 Å². The van der Waals surface area contributed by atoms with Crippen LogP contribution in [0.1, 0.15) is 45.7 Å². The molecule has 0 aliphatic heterocycles. The molecule has 0 saturated carbocycles. The minimum atomic E-state index is 0.342. The van der Waals surface area contributed by atoms with E-state index in [1.54, 1.807) is 0 Å². The van der Waals surface area contributed by atoms with E-state index in [0.717, 1.165) is 30.2 Å². The average molecular weight is 281 g/mol. The van der Waals surface area contributed by atoms with Crippen molar-refractivity contribution in [3.8, 4) is 0 Å². The lowest BCUT2D eigenvalue weighted by molar-refractivity contribution is 0.355. The predicted octanol–water partition coefficient (Wildman–Crippen LogP) is 2.51. The van der Waals surface area contributed by atoms with Crippen molar-refractivity contribution >= 4 is 11.5 Å². The summed E-state index contributed by atoms with van der Waals surface area (Å²) in [7, 11) is 6.15. The number of hydrogen-bond acceptors (Lipinski definition) is 4. The van der Waals surface area contributed by atoms with Crippen LogP contribution in [0.15, 0.2) is 0 Å². The maximum Gasteiger partial charge on any atom is 0.148 e. The first-order valence-electron chi connectivity index (χ1n) is 7.46. The first-order chi connectivity index (χ1) is 9.22. The van der Waals surface area contributed by atoms with Crippen LogP contribution >= 0.6 is 0 Å². The lowest BCUT2D eigenvalue weighted by Gasteiger charge is -2.25. The van der Waals surface area contributed by atoms with Crippen LogP contribution in [0.4, 0.5) is 11.5 Å². The summed E-state index contributed by atoms with van der Waals surface area (Å²) in [6, 6.07) is 0.378. The number of nitrogens with one attached hydrogen (secondary N) is 1. The number of nitrogens with zero attached hydrogens (tertiary/aromatic N) is 3. The highest BCUT2D eigenvalue weighted by Gasteiger charge is 2.19. The second-order valence-electron chi connectivity index (χ2n) is 6.66. The van der Waals surface area contributed by atoms with Crippen LogP contribution in [0.5, 0.6) is 0 Å². The SMILES string of the molecule is CC(C)CC(CN(C)C)Nc1c(N)c(C(C)C)nn1C. The van der Waals surface area contributed by atoms with E-state index in [9.17, 15) is 0 Å². The average Bonchev–Trinajstić information content (AvgIpc) is 2.55. The Labute approximate surface area is 123 Å². The molecule has 0 spiro atoms. The van der Waals surface area contributed by atoms with Crippen LogP contribution < -0.4 is 11.1 Å². The molecule has 1 aromatic heterocycles. The van der Waals surface area contributed by atoms with Gasteiger partial charge in [-0.15, -0.1) is 0 Å². The highest BCUT2D eigenvalue weighted by atomic mass is 15.3. The summed E-state index contributed by atoms with van der Waals surface area (Å²) in [6.07, 6.45) is 1.11. The normalized spacial score (nSPS) is 13.5. The molecule has 116 valence electrons. The molecule has 1 heterocycles. The van der Waals surface area contributed by atoms with Gasteiger partial charge in [-0.1, -0.05) is 27.7 Å². The lowest BCUT2D eigenvalue weighted by Crippen LogP contribution is -2.34. The molecule has 1 aromatic rings. The van der Waals surface area contributed by atoms with E-state index in [4.69, 9.17) is 5.73 Å². The zero-order chi connectivity index (χ0) is 15.4. The van der Waals surface area contributed by atoms with Crippen LogP contribution in [0, 0.1) is 5.92 Å². The summed E-state index contributed by atoms with van der Waals surface area (Å²) in [6.45, 7) is 9.72. The zero-order valence-electron chi connectivity index (χ0n) is 14.1. The Morgan fingerprint density at radius 3 is 2.25 bits per heavy atom. The van der Waals surface area contributed by atoms with Gasteiger partial charge in [0.15, 0.2) is 0 Å². The summed E-state index contributed by atoms with van der Waals surface area (Å²) in [4.78, 5) is 2.20. The minimum Gasteiger partial charge on any atom is -0.394 e. The first kappa shape index (κ1) is 16.8. The second-order valence-corrected chi connectivity index (χ2v) is 6.66. The van der Waals surface area contributed by atoms with Gasteiger partial charge in [0.25, 0.3) is 0 Å². The number of hydrogen-bond donors (Lipinski definition) is 2. The Kier molecular flexibility index (Phi) is 5.87. The van der Waals surface area contributed by atoms with Crippen molar-refractivity contribution in [3.63, 3.8) is 0 Å². The molecule has 0 radical (unpaired) electrons. The molecule has 5 heteroatoms. The maximum absolute atomic E-state index is 6.26. The Hall–Kier alpha value is -1.23. The van der Waals surface area contributed by atoms with E-state index in [1.807, 2.05) is 11.7 Å². The third-order valence-electron chi connectivity index (χ3n) is 3.34. The highest BCUT2D eigenvalue weighted by Crippen LogP contribution is 2.28. The van der Waals surface area contributed by atoms with E-state index < -0.39 is 0 Å². The van der Waals surface area contributed by atoms with E-state index in [0.29, 0.717) is 17.9 Å². The Morgan fingerprint density at radius 1 is 1.25 bits per heavy atom. The fraction of sp³-hybridized carbons (Fsp3) is 0.800. The van der Waals surface area contributed by atoms with Crippen molar-refractivity contribution in [1.29, 1.82) is 0 Å². The van der Waals surface area contributed by atoms with Crippen molar-refractivity contribution in [2.45, 2.75) is 46.1 Å². The summed E-state index contributed by atoms with van der Waals surface area (Å²) < 4.78 is 1.87. The number of likely N-dealkylation sites (N-methyl/N-ethyl adjacent to an activating group) is 1. The predicted molar refractivity (Wildman–Crippen MR) is 87.1 cm³/mol. The smallest absolute Gasteiger partial charge is 0.148 e. The van der Waals surface area contributed by atoms with Crippen LogP contribution in [0.2, 0.25) is 0 Å². The topological polar surface area (TPSA) is 59.1 Å². The Morgan fingerprint density at radius 2 is 1.85 bits per heavy atom. The van der Waals surface area contributed by atoms with Crippen molar-refractivity contribution in [2.24, 2.45) is 13.0 Å². The highest BCUT2D eigenvalue weighted by molar-refractivity contribution is 5.66. The number of nitrogens with two attached hydrogens (primary N) is 1. The van der Waals surface area contributed by atoms with Gasteiger partial charge in [0.2, 0.25) is 0 Å². The van der Waals surface area contributed by atoms with Gasteiger partial charge in [-0.05, 0) is 32.4 Å². The Balaban J connectivity index is 2.92. The van der Waals surface area contributed by atoms with E-state index in [-0.39, 0.29) is 0 Å². The van der Waals surface area contributed by atoms with Gasteiger partial charge in [-0.2, -0.15) is 5.10 Å². The molecule has 0 aliphatic carbocycles. The fourth-order valence-corrected chi connectivity index (χ4v) is 2.54. The monoisotopic (exact) mass is 281 g/mol. The molecule has 0 aliphatic rings. The number of nitrogen functional groups attached to an aromatic ring is 1. The summed E-state index contributed by atoms with van der Waals surface area (Å²) in [5, 5.41) is 8.12. The summed E-state index contributed by atoms with van der Waals surface area (Å²) >= 11 is 0.